The highest BCUT2D eigenvalue weighted by molar-refractivity contribution is 5.73. The molecule has 0 spiro atoms. The summed E-state index contributed by atoms with van der Waals surface area (Å²) < 4.78 is 11.5. The van der Waals surface area contributed by atoms with Crippen LogP contribution < -0.4 is 4.74 Å². The minimum Gasteiger partial charge on any atom is -0.473 e. The summed E-state index contributed by atoms with van der Waals surface area (Å²) in [5.41, 5.74) is 3.87. The van der Waals surface area contributed by atoms with Crippen LogP contribution in [-0.4, -0.2) is 35.0 Å². The Balaban J connectivity index is 1.44. The smallest absolute Gasteiger partial charge is 0.213 e. The van der Waals surface area contributed by atoms with Crippen LogP contribution in [0.3, 0.4) is 0 Å². The van der Waals surface area contributed by atoms with Gasteiger partial charge in [0, 0.05) is 24.6 Å². The van der Waals surface area contributed by atoms with Crippen LogP contribution in [0.2, 0.25) is 0 Å². The third-order valence-electron chi connectivity index (χ3n) is 4.83. The summed E-state index contributed by atoms with van der Waals surface area (Å²) in [4.78, 5) is 11.4. The number of oxazole rings is 1. The van der Waals surface area contributed by atoms with Crippen molar-refractivity contribution in [3.8, 4) is 5.88 Å². The molecule has 1 aliphatic heterocycles. The van der Waals surface area contributed by atoms with Gasteiger partial charge >= 0.3 is 0 Å². The molecule has 3 aromatic rings. The van der Waals surface area contributed by atoms with E-state index in [1.807, 2.05) is 37.3 Å². The van der Waals surface area contributed by atoms with Gasteiger partial charge in [0.15, 0.2) is 11.5 Å². The van der Waals surface area contributed by atoms with Gasteiger partial charge < -0.3 is 14.1 Å². The Morgan fingerprint density at radius 3 is 2.84 bits per heavy atom. The van der Waals surface area contributed by atoms with Crippen molar-refractivity contribution in [2.75, 3.05) is 20.1 Å². The molecule has 4 rings (SSSR count). The molecule has 1 aliphatic rings. The molecule has 0 radical (unpaired) electrons. The minimum absolute atomic E-state index is 0.472. The highest BCUT2D eigenvalue weighted by Gasteiger charge is 2.19. The average molecular weight is 337 g/mol. The van der Waals surface area contributed by atoms with Crippen LogP contribution in [0.5, 0.6) is 5.88 Å². The molecular formula is C20H23N3O2. The summed E-state index contributed by atoms with van der Waals surface area (Å²) in [6, 6.07) is 12.1. The molecule has 0 atom stereocenters. The SMILES string of the molecule is Cc1nc2ccc(COc3cccc(C4CCN(C)CC4)n3)cc2o1. The zero-order valence-corrected chi connectivity index (χ0v) is 14.7. The molecular weight excluding hydrogens is 314 g/mol. The van der Waals surface area contributed by atoms with E-state index in [0.717, 1.165) is 48.3 Å². The van der Waals surface area contributed by atoms with Crippen LogP contribution >= 0.6 is 0 Å². The number of pyridine rings is 1. The lowest BCUT2D eigenvalue weighted by molar-refractivity contribution is 0.250. The van der Waals surface area contributed by atoms with Gasteiger partial charge in [-0.1, -0.05) is 12.1 Å². The first-order valence-electron chi connectivity index (χ1n) is 8.82. The van der Waals surface area contributed by atoms with E-state index in [2.05, 4.69) is 23.0 Å². The Bertz CT molecular complexity index is 866. The standard InChI is InChI=1S/C20H23N3O2/c1-14-21-18-7-6-15(12-19(18)25-14)13-24-20-5-3-4-17(22-20)16-8-10-23(2)11-9-16/h3-7,12,16H,8-11,13H2,1-2H3. The maximum absolute atomic E-state index is 5.92. The topological polar surface area (TPSA) is 51.4 Å². The molecule has 5 nitrogen and oxygen atoms in total. The van der Waals surface area contributed by atoms with E-state index in [1.165, 1.54) is 0 Å². The number of rotatable bonds is 4. The summed E-state index contributed by atoms with van der Waals surface area (Å²) in [5.74, 6) is 1.90. The van der Waals surface area contributed by atoms with Gasteiger partial charge in [0.2, 0.25) is 5.88 Å². The third kappa shape index (κ3) is 3.66. The molecule has 0 aliphatic carbocycles. The number of piperidine rings is 1. The zero-order valence-electron chi connectivity index (χ0n) is 14.7. The van der Waals surface area contributed by atoms with Crippen LogP contribution in [-0.2, 0) is 6.61 Å². The largest absolute Gasteiger partial charge is 0.473 e. The number of hydrogen-bond acceptors (Lipinski definition) is 5. The Morgan fingerprint density at radius 2 is 2.00 bits per heavy atom. The van der Waals surface area contributed by atoms with E-state index in [0.29, 0.717) is 24.3 Å². The van der Waals surface area contributed by atoms with Crippen LogP contribution in [0, 0.1) is 6.92 Å². The summed E-state index contributed by atoms with van der Waals surface area (Å²) in [6.07, 6.45) is 2.32. The van der Waals surface area contributed by atoms with Crippen molar-refractivity contribution in [1.82, 2.24) is 14.9 Å². The second-order valence-corrected chi connectivity index (χ2v) is 6.80. The average Bonchev–Trinajstić information content (AvgIpc) is 3.00. The van der Waals surface area contributed by atoms with Crippen molar-refractivity contribution >= 4 is 11.1 Å². The summed E-state index contributed by atoms with van der Waals surface area (Å²) >= 11 is 0. The Kier molecular flexibility index (Phi) is 4.40. The van der Waals surface area contributed by atoms with E-state index >= 15 is 0 Å². The number of fused-ring (bicyclic) bond motifs is 1. The van der Waals surface area contributed by atoms with Crippen molar-refractivity contribution < 1.29 is 9.15 Å². The lowest BCUT2D eigenvalue weighted by atomic mass is 9.93. The fourth-order valence-electron chi connectivity index (χ4n) is 3.37. The van der Waals surface area contributed by atoms with Crippen molar-refractivity contribution in [3.63, 3.8) is 0 Å². The molecule has 0 amide bonds. The number of aryl methyl sites for hydroxylation is 1. The van der Waals surface area contributed by atoms with Gasteiger partial charge in [-0.05, 0) is 56.7 Å². The Morgan fingerprint density at radius 1 is 1.16 bits per heavy atom. The summed E-state index contributed by atoms with van der Waals surface area (Å²) in [7, 11) is 2.18. The Labute approximate surface area is 147 Å². The molecule has 0 saturated carbocycles. The monoisotopic (exact) mass is 337 g/mol. The van der Waals surface area contributed by atoms with Crippen LogP contribution in [0.4, 0.5) is 0 Å². The molecule has 3 heterocycles. The van der Waals surface area contributed by atoms with Gasteiger partial charge in [0.25, 0.3) is 0 Å². The second kappa shape index (κ2) is 6.84. The minimum atomic E-state index is 0.472. The van der Waals surface area contributed by atoms with E-state index < -0.39 is 0 Å². The van der Waals surface area contributed by atoms with Crippen LogP contribution in [0.1, 0.15) is 35.9 Å². The first-order chi connectivity index (χ1) is 12.2. The lowest BCUT2D eigenvalue weighted by Crippen LogP contribution is -2.29. The molecule has 25 heavy (non-hydrogen) atoms. The van der Waals surface area contributed by atoms with Crippen LogP contribution in [0.15, 0.2) is 40.8 Å². The summed E-state index contributed by atoms with van der Waals surface area (Å²) in [6.45, 7) is 4.59. The van der Waals surface area contributed by atoms with Crippen LogP contribution in [0.25, 0.3) is 11.1 Å². The predicted molar refractivity (Wildman–Crippen MR) is 96.8 cm³/mol. The third-order valence-corrected chi connectivity index (χ3v) is 4.83. The van der Waals surface area contributed by atoms with Gasteiger partial charge in [0.1, 0.15) is 12.1 Å². The van der Waals surface area contributed by atoms with Crippen molar-refractivity contribution in [2.45, 2.75) is 32.3 Å². The van der Waals surface area contributed by atoms with Crippen molar-refractivity contribution in [2.24, 2.45) is 0 Å². The highest BCUT2D eigenvalue weighted by atomic mass is 16.5. The molecule has 0 unspecified atom stereocenters. The van der Waals surface area contributed by atoms with E-state index in [-0.39, 0.29) is 0 Å². The molecule has 0 N–H and O–H groups in total. The molecule has 5 heteroatoms. The molecule has 2 aromatic heterocycles. The van der Waals surface area contributed by atoms with Crippen molar-refractivity contribution in [3.05, 3.63) is 53.5 Å². The predicted octanol–water partition coefficient (Wildman–Crippen LogP) is 3.92. The quantitative estimate of drug-likeness (QED) is 0.722. The number of hydrogen-bond donors (Lipinski definition) is 0. The van der Waals surface area contributed by atoms with Gasteiger partial charge in [-0.2, -0.15) is 0 Å². The van der Waals surface area contributed by atoms with E-state index in [4.69, 9.17) is 14.1 Å². The van der Waals surface area contributed by atoms with Gasteiger partial charge in [-0.3, -0.25) is 0 Å². The number of nitrogens with zero attached hydrogens (tertiary/aromatic N) is 3. The zero-order chi connectivity index (χ0) is 17.2. The molecule has 1 aromatic carbocycles. The summed E-state index contributed by atoms with van der Waals surface area (Å²) in [5, 5.41) is 0. The van der Waals surface area contributed by atoms with Gasteiger partial charge in [0.05, 0.1) is 0 Å². The molecule has 1 saturated heterocycles. The number of ether oxygens (including phenoxy) is 1. The first kappa shape index (κ1) is 16.1. The van der Waals surface area contributed by atoms with Gasteiger partial charge in [-0.25, -0.2) is 9.97 Å². The van der Waals surface area contributed by atoms with Crippen molar-refractivity contribution in [1.29, 1.82) is 0 Å². The lowest BCUT2D eigenvalue weighted by Gasteiger charge is -2.28. The fraction of sp³-hybridized carbons (Fsp3) is 0.400. The highest BCUT2D eigenvalue weighted by Crippen LogP contribution is 2.27. The fourth-order valence-corrected chi connectivity index (χ4v) is 3.37. The Hall–Kier alpha value is -2.40. The molecule has 1 fully saturated rings. The first-order valence-corrected chi connectivity index (χ1v) is 8.82. The van der Waals surface area contributed by atoms with E-state index in [9.17, 15) is 0 Å². The van der Waals surface area contributed by atoms with Gasteiger partial charge in [-0.15, -0.1) is 0 Å². The number of aromatic nitrogens is 2. The maximum atomic E-state index is 5.92. The number of benzene rings is 1. The number of likely N-dealkylation sites (tertiary alicyclic amines) is 1. The molecule has 0 bridgehead atoms. The second-order valence-electron chi connectivity index (χ2n) is 6.80. The van der Waals surface area contributed by atoms with E-state index in [1.54, 1.807) is 0 Å². The maximum Gasteiger partial charge on any atom is 0.213 e. The molecule has 130 valence electrons. The normalized spacial score (nSPS) is 16.4.